The molecule has 2 N–H and O–H groups in total. The fourth-order valence-electron chi connectivity index (χ4n) is 10.4. The van der Waals surface area contributed by atoms with Gasteiger partial charge in [0.05, 0.1) is 0 Å². The lowest BCUT2D eigenvalue weighted by Crippen LogP contribution is -2.55. The van der Waals surface area contributed by atoms with Crippen molar-refractivity contribution in [2.24, 2.45) is 0 Å². The van der Waals surface area contributed by atoms with Crippen LogP contribution in [-0.2, 0) is 43.0 Å². The lowest BCUT2D eigenvalue weighted by molar-refractivity contribution is -0.348. The van der Waals surface area contributed by atoms with Crippen LogP contribution in [0.25, 0.3) is 34.4 Å². The van der Waals surface area contributed by atoms with Crippen molar-refractivity contribution in [2.45, 2.75) is 148 Å². The average Bonchev–Trinajstić information content (AvgIpc) is 1.41. The highest BCUT2D eigenvalue weighted by Gasteiger charge is 2.70. The van der Waals surface area contributed by atoms with E-state index in [9.17, 15) is 67.7 Å². The molecule has 0 aliphatic rings. The number of hydrogen-bond acceptors (Lipinski definition) is 6. The minimum absolute atomic E-state index is 0.0651. The summed E-state index contributed by atoms with van der Waals surface area (Å²) in [6.07, 6.45) is -19.0. The summed E-state index contributed by atoms with van der Waals surface area (Å²) in [6, 6.07) is 33.7. The number of ether oxygens (including phenoxy) is 1. The average molecular weight is 1240 g/mol. The fourth-order valence-corrected chi connectivity index (χ4v) is 11.0. The van der Waals surface area contributed by atoms with E-state index in [2.05, 4.69) is 24.3 Å². The van der Waals surface area contributed by atoms with Gasteiger partial charge in [0.1, 0.15) is 6.61 Å². The molecule has 6 aromatic carbocycles. The van der Waals surface area contributed by atoms with Gasteiger partial charge in [0.15, 0.2) is 0 Å². The second-order valence-corrected chi connectivity index (χ2v) is 21.2. The maximum Gasteiger partial charge on any atom is 0.430 e. The quantitative estimate of drug-likeness (QED) is 0.0657. The largest absolute Gasteiger partial charge is 0.463 e. The highest BCUT2D eigenvalue weighted by atomic mass is 35.5. The Morgan fingerprint density at radius 2 is 0.765 bits per heavy atom. The number of carbonyl (C=O) groups is 1. The molecular weight excluding hydrogens is 1180 g/mol. The van der Waals surface area contributed by atoms with E-state index in [0.717, 1.165) is 80.5 Å². The number of hydrogen-bond donors (Lipinski definition) is 2. The molecule has 6 rings (SSSR count). The van der Waals surface area contributed by atoms with Crippen molar-refractivity contribution in [3.8, 4) is 22.3 Å². The molecule has 0 aliphatic heterocycles. The molecule has 0 amide bonds. The first kappa shape index (κ1) is 70.8. The van der Waals surface area contributed by atoms with E-state index in [1.54, 1.807) is 50.2 Å². The molecule has 0 spiro atoms. The Bertz CT molecular complexity index is 3350. The Morgan fingerprint density at radius 3 is 1.02 bits per heavy atom. The zero-order valence-corrected chi connectivity index (χ0v) is 49.4. The van der Waals surface area contributed by atoms with E-state index in [-0.39, 0.29) is 36.0 Å². The summed E-state index contributed by atoms with van der Waals surface area (Å²) in [6.45, 7) is 17.8. The van der Waals surface area contributed by atoms with Crippen molar-refractivity contribution in [3.05, 3.63) is 198 Å². The van der Waals surface area contributed by atoms with E-state index >= 15 is 0 Å². The Kier molecular flexibility index (Phi) is 23.5. The molecule has 6 aromatic rings. The van der Waals surface area contributed by atoms with Crippen LogP contribution in [0.3, 0.4) is 0 Å². The summed E-state index contributed by atoms with van der Waals surface area (Å²) in [5.41, 5.74) is 1.88. The number of rotatable bonds is 18. The molecule has 0 fully saturated rings. The van der Waals surface area contributed by atoms with Crippen LogP contribution in [0, 0.1) is 27.7 Å². The lowest BCUT2D eigenvalue weighted by Gasteiger charge is -2.34. The Hall–Kier alpha value is -6.69. The predicted molar refractivity (Wildman–Crippen MR) is 306 cm³/mol. The lowest BCUT2D eigenvalue weighted by atomic mass is 9.69. The fraction of sp³-hybridized carbons (Fsp3) is 0.354. The van der Waals surface area contributed by atoms with Crippen LogP contribution in [0.4, 0.5) is 52.7 Å². The smallest absolute Gasteiger partial charge is 0.430 e. The number of aliphatic hydroxyl groups is 2. The summed E-state index contributed by atoms with van der Waals surface area (Å²) in [5, 5.41) is 20.1. The third kappa shape index (κ3) is 15.3. The molecule has 0 saturated carbocycles. The molecule has 0 aliphatic carbocycles. The first-order valence-corrected chi connectivity index (χ1v) is 27.4. The van der Waals surface area contributed by atoms with Crippen molar-refractivity contribution in [1.82, 2.24) is 0 Å². The monoisotopic (exact) mass is 1240 g/mol. The first-order chi connectivity index (χ1) is 39.5. The Balaban J connectivity index is 0.000000349. The van der Waals surface area contributed by atoms with Crippen LogP contribution < -0.4 is 0 Å². The van der Waals surface area contributed by atoms with E-state index in [1.807, 2.05) is 84.9 Å². The number of carbonyl (C=O) groups excluding carboxylic acids is 3. The molecule has 0 atom stereocenters. The Morgan fingerprint density at radius 1 is 0.459 bits per heavy atom. The predicted octanol–water partition coefficient (Wildman–Crippen LogP) is 18.8. The van der Waals surface area contributed by atoms with Crippen LogP contribution in [-0.4, -0.2) is 58.7 Å². The summed E-state index contributed by atoms with van der Waals surface area (Å²) in [4.78, 5) is 26.8. The number of benzene rings is 6. The number of halogens is 14. The van der Waals surface area contributed by atoms with Crippen LogP contribution in [0.15, 0.2) is 121 Å². The van der Waals surface area contributed by atoms with Crippen molar-refractivity contribution in [2.75, 3.05) is 0 Å². The van der Waals surface area contributed by atoms with E-state index < -0.39 is 46.7 Å². The molecule has 458 valence electrons. The molecule has 85 heavy (non-hydrogen) atoms. The molecule has 0 bridgehead atoms. The molecule has 20 heteroatoms. The van der Waals surface area contributed by atoms with E-state index in [0.29, 0.717) is 58.2 Å². The van der Waals surface area contributed by atoms with Gasteiger partial charge in [-0.25, -0.2) is 0 Å². The second kappa shape index (κ2) is 28.2. The molecule has 0 aromatic heterocycles. The minimum atomic E-state index is -5.93. The molecule has 0 heterocycles. The van der Waals surface area contributed by atoms with Gasteiger partial charge in [-0.15, -0.1) is 0 Å². The third-order valence-corrected chi connectivity index (χ3v) is 16.5. The standard InChI is InChI=1S/C32H31ClF6O3.C32H33ClF6O.CO2/c1-5-29(6-2,25-10-9-22(20(3)15-25)13-14-30(41,31(34,35)36)32(37,38)39)26-11-12-27(21(4)16-26)23-7-8-24(18-42-19-40)28(33)17-23;1-6-22-9-10-24(19-28(22)33)27-14-13-26(18-21(27)5)29(7-2,8-3)25-12-11-23(20(4)17-25)15-16-30(40,31(34,35)36)32(37,38)39;2-1-3/h7-17,19,41H,5-6,18H2,1-4H3;9-19,40H,6-8H2,1-5H3;/b14-13+;16-15+;. The summed E-state index contributed by atoms with van der Waals surface area (Å²) in [7, 11) is 0. The normalized spacial score (nSPS) is 12.8. The van der Waals surface area contributed by atoms with Gasteiger partial charge in [0, 0.05) is 26.4 Å². The topological polar surface area (TPSA) is 101 Å². The van der Waals surface area contributed by atoms with Gasteiger partial charge in [0.2, 0.25) is 0 Å². The highest BCUT2D eigenvalue weighted by Crippen LogP contribution is 2.48. The van der Waals surface area contributed by atoms with Gasteiger partial charge in [-0.05, 0) is 168 Å². The zero-order chi connectivity index (χ0) is 64.3. The molecule has 0 saturated heterocycles. The van der Waals surface area contributed by atoms with Crippen LogP contribution in [0.2, 0.25) is 10.0 Å². The van der Waals surface area contributed by atoms with Crippen LogP contribution >= 0.6 is 23.2 Å². The molecular formula is C65H64Cl2F12O6. The zero-order valence-electron chi connectivity index (χ0n) is 47.8. The summed E-state index contributed by atoms with van der Waals surface area (Å²) in [5.74, 6) is 0. The SMILES string of the molecule is CCC(CC)(c1ccc(/C=C/C(O)(C(F)(F)F)C(F)(F)F)c(C)c1)c1ccc(-c2ccc(COC=O)c(Cl)c2)c(C)c1.CCc1ccc(-c2ccc(C(CC)(CC)c3ccc(/C=C/C(O)(C(F)(F)F)C(F)(F)F)c(C)c3)cc2C)cc1Cl.O=C=O. The van der Waals surface area contributed by atoms with Crippen molar-refractivity contribution >= 4 is 48.0 Å². The maximum atomic E-state index is 13.1. The first-order valence-electron chi connectivity index (χ1n) is 26.7. The van der Waals surface area contributed by atoms with Crippen molar-refractivity contribution in [1.29, 1.82) is 0 Å². The number of aryl methyl sites for hydroxylation is 5. The molecule has 6 nitrogen and oxygen atoms in total. The molecule has 0 radical (unpaired) electrons. The van der Waals surface area contributed by atoms with Crippen LogP contribution in [0.5, 0.6) is 0 Å². The van der Waals surface area contributed by atoms with E-state index in [4.69, 9.17) is 37.5 Å². The summed E-state index contributed by atoms with van der Waals surface area (Å²) < 4.78 is 162. The molecule has 0 unspecified atom stereocenters. The third-order valence-electron chi connectivity index (χ3n) is 15.8. The highest BCUT2D eigenvalue weighted by molar-refractivity contribution is 6.32. The van der Waals surface area contributed by atoms with Gasteiger partial charge in [-0.2, -0.15) is 62.3 Å². The second-order valence-electron chi connectivity index (χ2n) is 20.4. The minimum Gasteiger partial charge on any atom is -0.463 e. The van der Waals surface area contributed by atoms with Gasteiger partial charge in [-0.3, -0.25) is 4.79 Å². The van der Waals surface area contributed by atoms with Gasteiger partial charge in [0.25, 0.3) is 17.7 Å². The van der Waals surface area contributed by atoms with Crippen molar-refractivity contribution < 1.29 is 82.0 Å². The van der Waals surface area contributed by atoms with Gasteiger partial charge in [-0.1, -0.05) is 167 Å². The maximum absolute atomic E-state index is 13.1. The van der Waals surface area contributed by atoms with Gasteiger partial charge >= 0.3 is 30.9 Å². The van der Waals surface area contributed by atoms with Crippen molar-refractivity contribution in [3.63, 3.8) is 0 Å². The van der Waals surface area contributed by atoms with E-state index in [1.165, 1.54) is 12.1 Å². The van der Waals surface area contributed by atoms with Gasteiger partial charge < -0.3 is 14.9 Å². The number of alkyl halides is 12. The summed E-state index contributed by atoms with van der Waals surface area (Å²) >= 11 is 12.8. The Labute approximate surface area is 496 Å². The van der Waals surface area contributed by atoms with Crippen LogP contribution in [0.1, 0.15) is 127 Å².